The van der Waals surface area contributed by atoms with E-state index in [1.807, 2.05) is 0 Å². The molecule has 1 unspecified atom stereocenters. The minimum Gasteiger partial charge on any atom is -0.271 e. The summed E-state index contributed by atoms with van der Waals surface area (Å²) in [5.74, 6) is -0.460. The topological polar surface area (TPSA) is 57.1 Å². The molecule has 0 saturated carbocycles. The van der Waals surface area contributed by atoms with Crippen molar-refractivity contribution < 1.29 is 9.18 Å². The lowest BCUT2D eigenvalue weighted by Crippen LogP contribution is -2.44. The molecule has 6 heteroatoms. The maximum Gasteiger partial charge on any atom is 0.265 e. The van der Waals surface area contributed by atoms with Gasteiger partial charge in [0, 0.05) is 6.42 Å². The molecule has 1 aromatic carbocycles. The molecule has 86 valence electrons. The molecule has 2 aliphatic heterocycles. The van der Waals surface area contributed by atoms with Gasteiger partial charge < -0.3 is 0 Å². The van der Waals surface area contributed by atoms with Gasteiger partial charge in [0.1, 0.15) is 18.2 Å². The lowest BCUT2D eigenvalue weighted by atomic mass is 10.0. The van der Waals surface area contributed by atoms with Crippen molar-refractivity contribution in [2.45, 2.75) is 12.5 Å². The molecule has 0 aliphatic carbocycles. The van der Waals surface area contributed by atoms with E-state index in [2.05, 4.69) is 15.6 Å². The minimum absolute atomic E-state index is 0.173. The van der Waals surface area contributed by atoms with Crippen LogP contribution in [-0.2, 0) is 4.79 Å². The highest BCUT2D eigenvalue weighted by molar-refractivity contribution is 6.06. The number of halogens is 1. The van der Waals surface area contributed by atoms with Crippen molar-refractivity contribution in [3.05, 3.63) is 35.6 Å². The standard InChI is InChI=1S/C11H9FN4O/c12-8-3-1-7(2-4-8)9-5-10-11(17)14-13-6-16(10)15-9/h1-4,6,10H,5H2,(H,14,17). The van der Waals surface area contributed by atoms with Crippen LogP contribution in [0.25, 0.3) is 0 Å². The van der Waals surface area contributed by atoms with E-state index in [1.54, 1.807) is 12.1 Å². The third-order valence-electron chi connectivity index (χ3n) is 2.77. The Morgan fingerprint density at radius 2 is 2.12 bits per heavy atom. The Hall–Kier alpha value is -2.24. The zero-order chi connectivity index (χ0) is 11.8. The van der Waals surface area contributed by atoms with Gasteiger partial charge in [-0.05, 0) is 17.7 Å². The zero-order valence-corrected chi connectivity index (χ0v) is 8.80. The van der Waals surface area contributed by atoms with E-state index in [1.165, 1.54) is 23.5 Å². The van der Waals surface area contributed by atoms with Gasteiger partial charge in [0.25, 0.3) is 5.91 Å². The van der Waals surface area contributed by atoms with Crippen LogP contribution in [0.1, 0.15) is 12.0 Å². The second kappa shape index (κ2) is 3.65. The average Bonchev–Trinajstić information content (AvgIpc) is 2.75. The molecule has 5 nitrogen and oxygen atoms in total. The first-order valence-electron chi connectivity index (χ1n) is 5.19. The third kappa shape index (κ3) is 1.67. The van der Waals surface area contributed by atoms with Crippen molar-refractivity contribution >= 4 is 18.0 Å². The van der Waals surface area contributed by atoms with Gasteiger partial charge in [-0.2, -0.15) is 10.2 Å². The number of hydrogen-bond acceptors (Lipinski definition) is 4. The van der Waals surface area contributed by atoms with Crippen LogP contribution in [0.2, 0.25) is 0 Å². The maximum atomic E-state index is 12.8. The predicted octanol–water partition coefficient (Wildman–Crippen LogP) is 0.677. The van der Waals surface area contributed by atoms with E-state index >= 15 is 0 Å². The number of fused-ring (bicyclic) bond motifs is 1. The number of hydrazone groups is 2. The Morgan fingerprint density at radius 3 is 2.82 bits per heavy atom. The zero-order valence-electron chi connectivity index (χ0n) is 8.80. The van der Waals surface area contributed by atoms with Crippen LogP contribution in [-0.4, -0.2) is 29.0 Å². The Bertz CT molecular complexity index is 523. The van der Waals surface area contributed by atoms with Gasteiger partial charge in [0.05, 0.1) is 5.71 Å². The molecule has 0 radical (unpaired) electrons. The summed E-state index contributed by atoms with van der Waals surface area (Å²) in [6.07, 6.45) is 1.98. The van der Waals surface area contributed by atoms with Crippen molar-refractivity contribution in [2.24, 2.45) is 10.2 Å². The lowest BCUT2D eigenvalue weighted by molar-refractivity contribution is -0.125. The van der Waals surface area contributed by atoms with E-state index in [-0.39, 0.29) is 17.8 Å². The Morgan fingerprint density at radius 1 is 1.35 bits per heavy atom. The number of carbonyl (C=O) groups excluding carboxylic acids is 1. The summed E-state index contributed by atoms with van der Waals surface area (Å²) in [5.41, 5.74) is 3.97. The second-order valence-electron chi connectivity index (χ2n) is 3.87. The molecule has 17 heavy (non-hydrogen) atoms. The molecule has 1 atom stereocenters. The molecule has 0 saturated heterocycles. The molecule has 3 rings (SSSR count). The second-order valence-corrected chi connectivity index (χ2v) is 3.87. The smallest absolute Gasteiger partial charge is 0.265 e. The van der Waals surface area contributed by atoms with Crippen molar-refractivity contribution in [3.63, 3.8) is 0 Å². The SMILES string of the molecule is O=C1NN=CN2N=C(c3ccc(F)cc3)CC12. The highest BCUT2D eigenvalue weighted by Crippen LogP contribution is 2.20. The summed E-state index contributed by atoms with van der Waals surface area (Å²) in [4.78, 5) is 11.5. The van der Waals surface area contributed by atoms with Gasteiger partial charge in [-0.25, -0.2) is 14.8 Å². The number of nitrogens with zero attached hydrogens (tertiary/aromatic N) is 3. The molecule has 1 amide bonds. The third-order valence-corrected chi connectivity index (χ3v) is 2.77. The highest BCUT2D eigenvalue weighted by Gasteiger charge is 2.34. The monoisotopic (exact) mass is 232 g/mol. The number of benzene rings is 1. The number of carbonyl (C=O) groups is 1. The van der Waals surface area contributed by atoms with Crippen LogP contribution in [0.3, 0.4) is 0 Å². The van der Waals surface area contributed by atoms with Crippen molar-refractivity contribution in [1.29, 1.82) is 0 Å². The van der Waals surface area contributed by atoms with Crippen LogP contribution in [0.4, 0.5) is 4.39 Å². The van der Waals surface area contributed by atoms with E-state index in [0.29, 0.717) is 6.42 Å². The normalized spacial score (nSPS) is 22.2. The largest absolute Gasteiger partial charge is 0.271 e. The maximum absolute atomic E-state index is 12.8. The van der Waals surface area contributed by atoms with Gasteiger partial charge in [-0.1, -0.05) is 12.1 Å². The summed E-state index contributed by atoms with van der Waals surface area (Å²) < 4.78 is 12.8. The fourth-order valence-corrected chi connectivity index (χ4v) is 1.89. The van der Waals surface area contributed by atoms with Crippen LogP contribution in [0.15, 0.2) is 34.5 Å². The summed E-state index contributed by atoms with van der Waals surface area (Å²) >= 11 is 0. The molecule has 0 aromatic heterocycles. The quantitative estimate of drug-likeness (QED) is 0.774. The first kappa shape index (κ1) is 9.95. The number of nitrogens with one attached hydrogen (secondary N) is 1. The molecular formula is C11H9FN4O. The molecule has 0 bridgehead atoms. The van der Waals surface area contributed by atoms with Gasteiger partial charge >= 0.3 is 0 Å². The number of rotatable bonds is 1. The lowest BCUT2D eigenvalue weighted by Gasteiger charge is -2.20. The molecule has 2 aliphatic rings. The Kier molecular flexibility index (Phi) is 2.14. The van der Waals surface area contributed by atoms with E-state index in [0.717, 1.165) is 11.3 Å². The summed E-state index contributed by atoms with van der Waals surface area (Å²) in [7, 11) is 0. The van der Waals surface area contributed by atoms with E-state index in [4.69, 9.17) is 0 Å². The van der Waals surface area contributed by atoms with Crippen LogP contribution in [0, 0.1) is 5.82 Å². The Balaban J connectivity index is 1.90. The highest BCUT2D eigenvalue weighted by atomic mass is 19.1. The van der Waals surface area contributed by atoms with E-state index < -0.39 is 0 Å². The van der Waals surface area contributed by atoms with Crippen LogP contribution >= 0.6 is 0 Å². The van der Waals surface area contributed by atoms with Crippen molar-refractivity contribution in [1.82, 2.24) is 10.4 Å². The van der Waals surface area contributed by atoms with Crippen molar-refractivity contribution in [2.75, 3.05) is 0 Å². The predicted molar refractivity (Wildman–Crippen MR) is 59.8 cm³/mol. The Labute approximate surface area is 96.6 Å². The summed E-state index contributed by atoms with van der Waals surface area (Å²) in [5, 5.41) is 9.48. The summed E-state index contributed by atoms with van der Waals surface area (Å²) in [6, 6.07) is 5.73. The summed E-state index contributed by atoms with van der Waals surface area (Å²) in [6.45, 7) is 0. The number of hydrogen-bond donors (Lipinski definition) is 1. The molecular weight excluding hydrogens is 223 g/mol. The van der Waals surface area contributed by atoms with E-state index in [9.17, 15) is 9.18 Å². The number of amides is 1. The molecule has 1 N–H and O–H groups in total. The van der Waals surface area contributed by atoms with Gasteiger partial charge in [-0.15, -0.1) is 0 Å². The fraction of sp³-hybridized carbons (Fsp3) is 0.182. The van der Waals surface area contributed by atoms with Crippen LogP contribution in [0.5, 0.6) is 0 Å². The minimum atomic E-state index is -0.340. The van der Waals surface area contributed by atoms with Gasteiger partial charge in [0.15, 0.2) is 0 Å². The molecule has 1 aromatic rings. The van der Waals surface area contributed by atoms with Gasteiger partial charge in [0.2, 0.25) is 0 Å². The van der Waals surface area contributed by atoms with Crippen LogP contribution < -0.4 is 5.43 Å². The molecule has 2 heterocycles. The molecule has 0 fully saturated rings. The van der Waals surface area contributed by atoms with Crippen molar-refractivity contribution in [3.8, 4) is 0 Å². The molecule has 0 spiro atoms. The fourth-order valence-electron chi connectivity index (χ4n) is 1.89. The van der Waals surface area contributed by atoms with Gasteiger partial charge in [-0.3, -0.25) is 4.79 Å². The average molecular weight is 232 g/mol. The first-order valence-corrected chi connectivity index (χ1v) is 5.19. The first-order chi connectivity index (χ1) is 8.24.